The Hall–Kier alpha value is -2.33. The number of para-hydroxylation sites is 2. The molecule has 3 aromatic rings. The van der Waals surface area contributed by atoms with Crippen LogP contribution in [0, 0.1) is 0 Å². The third-order valence-corrected chi connectivity index (χ3v) is 3.59. The zero-order valence-corrected chi connectivity index (χ0v) is 12.1. The van der Waals surface area contributed by atoms with E-state index in [9.17, 15) is 0 Å². The summed E-state index contributed by atoms with van der Waals surface area (Å²) in [6.07, 6.45) is 0. The van der Waals surface area contributed by atoms with E-state index in [0.717, 1.165) is 34.5 Å². The molecule has 0 fully saturated rings. The van der Waals surface area contributed by atoms with Gasteiger partial charge in [0.25, 0.3) is 0 Å². The summed E-state index contributed by atoms with van der Waals surface area (Å²) >= 11 is 0. The van der Waals surface area contributed by atoms with Crippen LogP contribution in [0.5, 0.6) is 5.75 Å². The van der Waals surface area contributed by atoms with Crippen molar-refractivity contribution in [3.05, 3.63) is 59.8 Å². The fraction of sp³-hybridized carbons (Fsp3) is 0.235. The third-order valence-electron chi connectivity index (χ3n) is 3.59. The first-order valence-corrected chi connectivity index (χ1v) is 7.18. The van der Waals surface area contributed by atoms with E-state index in [2.05, 4.69) is 24.2 Å². The van der Waals surface area contributed by atoms with Crippen molar-refractivity contribution < 1.29 is 4.74 Å². The topological polar surface area (TPSA) is 53.1 Å². The van der Waals surface area contributed by atoms with Crippen molar-refractivity contribution in [2.24, 2.45) is 5.73 Å². The predicted molar refractivity (Wildman–Crippen MR) is 84.1 cm³/mol. The molecule has 0 aliphatic carbocycles. The van der Waals surface area contributed by atoms with Crippen LogP contribution in [0.4, 0.5) is 0 Å². The summed E-state index contributed by atoms with van der Waals surface area (Å²) < 4.78 is 7.93. The van der Waals surface area contributed by atoms with Gasteiger partial charge in [0.1, 0.15) is 18.1 Å². The Morgan fingerprint density at radius 1 is 1.10 bits per heavy atom. The smallest absolute Gasteiger partial charge is 0.133 e. The highest BCUT2D eigenvalue weighted by Gasteiger charge is 2.10. The number of fused-ring (bicyclic) bond motifs is 1. The van der Waals surface area contributed by atoms with Crippen molar-refractivity contribution in [2.45, 2.75) is 26.6 Å². The van der Waals surface area contributed by atoms with Crippen LogP contribution in [-0.2, 0) is 19.7 Å². The number of nitrogens with zero attached hydrogens (tertiary/aromatic N) is 2. The maximum Gasteiger partial charge on any atom is 0.133 e. The summed E-state index contributed by atoms with van der Waals surface area (Å²) in [5.74, 6) is 0.829. The van der Waals surface area contributed by atoms with Gasteiger partial charge in [-0.05, 0) is 19.1 Å². The summed E-state index contributed by atoms with van der Waals surface area (Å²) in [5.41, 5.74) is 8.85. The van der Waals surface area contributed by atoms with E-state index in [1.165, 1.54) is 0 Å². The molecular formula is C17H19N3O. The van der Waals surface area contributed by atoms with E-state index in [1.807, 2.05) is 41.1 Å². The molecule has 0 bridgehead atoms. The summed E-state index contributed by atoms with van der Waals surface area (Å²) in [5, 5.41) is 5.78. The highest BCUT2D eigenvalue weighted by molar-refractivity contribution is 5.81. The van der Waals surface area contributed by atoms with E-state index in [0.29, 0.717) is 13.2 Å². The molecule has 4 heteroatoms. The maximum atomic E-state index is 5.92. The van der Waals surface area contributed by atoms with Crippen LogP contribution in [-0.4, -0.2) is 9.78 Å². The zero-order valence-electron chi connectivity index (χ0n) is 12.1. The van der Waals surface area contributed by atoms with E-state index < -0.39 is 0 Å². The molecule has 0 radical (unpaired) electrons. The second-order valence-electron chi connectivity index (χ2n) is 4.88. The molecule has 0 saturated carbocycles. The number of nitrogens with two attached hydrogens (primary N) is 1. The van der Waals surface area contributed by atoms with Gasteiger partial charge in [-0.3, -0.25) is 4.68 Å². The van der Waals surface area contributed by atoms with Gasteiger partial charge in [0, 0.05) is 24.0 Å². The first-order chi connectivity index (χ1) is 10.3. The number of hydrogen-bond donors (Lipinski definition) is 1. The molecule has 0 aliphatic heterocycles. The molecule has 2 aromatic carbocycles. The summed E-state index contributed by atoms with van der Waals surface area (Å²) in [7, 11) is 0. The van der Waals surface area contributed by atoms with Crippen LogP contribution in [0.15, 0.2) is 48.5 Å². The van der Waals surface area contributed by atoms with Crippen molar-refractivity contribution in [3.63, 3.8) is 0 Å². The molecule has 4 nitrogen and oxygen atoms in total. The van der Waals surface area contributed by atoms with Gasteiger partial charge in [0.15, 0.2) is 0 Å². The molecule has 1 heterocycles. The number of rotatable bonds is 5. The number of benzene rings is 2. The van der Waals surface area contributed by atoms with Crippen LogP contribution in [0.25, 0.3) is 10.9 Å². The van der Waals surface area contributed by atoms with Crippen molar-refractivity contribution in [2.75, 3.05) is 0 Å². The minimum Gasteiger partial charge on any atom is -0.487 e. The second kappa shape index (κ2) is 5.97. The lowest BCUT2D eigenvalue weighted by atomic mass is 10.2. The fourth-order valence-corrected chi connectivity index (χ4v) is 2.50. The van der Waals surface area contributed by atoms with Gasteiger partial charge in [-0.15, -0.1) is 0 Å². The summed E-state index contributed by atoms with van der Waals surface area (Å²) in [6.45, 7) is 3.86. The monoisotopic (exact) mass is 281 g/mol. The molecule has 21 heavy (non-hydrogen) atoms. The van der Waals surface area contributed by atoms with E-state index in [-0.39, 0.29) is 0 Å². The molecule has 1 aromatic heterocycles. The van der Waals surface area contributed by atoms with Crippen LogP contribution in [0.2, 0.25) is 0 Å². The third kappa shape index (κ3) is 2.62. The van der Waals surface area contributed by atoms with Crippen LogP contribution >= 0.6 is 0 Å². The van der Waals surface area contributed by atoms with Gasteiger partial charge in [0.2, 0.25) is 0 Å². The van der Waals surface area contributed by atoms with Gasteiger partial charge in [-0.2, -0.15) is 5.10 Å². The molecule has 0 saturated heterocycles. The molecule has 3 rings (SSSR count). The SMILES string of the molecule is CCn1nc(COc2ccccc2CN)c2ccccc21. The molecule has 0 spiro atoms. The van der Waals surface area contributed by atoms with Gasteiger partial charge in [-0.1, -0.05) is 36.4 Å². The van der Waals surface area contributed by atoms with Crippen LogP contribution in [0.1, 0.15) is 18.2 Å². The zero-order chi connectivity index (χ0) is 14.7. The lowest BCUT2D eigenvalue weighted by Crippen LogP contribution is -2.04. The quantitative estimate of drug-likeness (QED) is 0.782. The Morgan fingerprint density at radius 3 is 2.67 bits per heavy atom. The van der Waals surface area contributed by atoms with Gasteiger partial charge >= 0.3 is 0 Å². The Balaban J connectivity index is 1.88. The fourth-order valence-electron chi connectivity index (χ4n) is 2.50. The Bertz CT molecular complexity index is 749. The number of aromatic nitrogens is 2. The Kier molecular flexibility index (Phi) is 3.88. The molecule has 0 aliphatic rings. The van der Waals surface area contributed by atoms with Crippen LogP contribution in [0.3, 0.4) is 0 Å². The largest absolute Gasteiger partial charge is 0.487 e. The maximum absolute atomic E-state index is 5.92. The lowest BCUT2D eigenvalue weighted by Gasteiger charge is -2.08. The number of ether oxygens (including phenoxy) is 1. The second-order valence-corrected chi connectivity index (χ2v) is 4.88. The van der Waals surface area contributed by atoms with Gasteiger partial charge in [0.05, 0.1) is 5.52 Å². The van der Waals surface area contributed by atoms with Crippen molar-refractivity contribution in [1.82, 2.24) is 9.78 Å². The summed E-state index contributed by atoms with van der Waals surface area (Å²) in [4.78, 5) is 0. The average molecular weight is 281 g/mol. The first kappa shape index (κ1) is 13.6. The van der Waals surface area contributed by atoms with Gasteiger partial charge < -0.3 is 10.5 Å². The molecule has 0 unspecified atom stereocenters. The van der Waals surface area contributed by atoms with E-state index >= 15 is 0 Å². The standard InChI is InChI=1S/C17H19N3O/c1-2-20-16-9-5-4-8-14(16)15(19-20)12-21-17-10-6-3-7-13(17)11-18/h3-10H,2,11-12,18H2,1H3. The van der Waals surface area contributed by atoms with Crippen molar-refractivity contribution in [1.29, 1.82) is 0 Å². The average Bonchev–Trinajstić information content (AvgIpc) is 2.91. The predicted octanol–water partition coefficient (Wildman–Crippen LogP) is 3.09. The summed E-state index contributed by atoms with van der Waals surface area (Å²) in [6, 6.07) is 16.1. The minimum absolute atomic E-state index is 0.449. The molecular weight excluding hydrogens is 262 g/mol. The Morgan fingerprint density at radius 2 is 1.86 bits per heavy atom. The molecule has 0 atom stereocenters. The van der Waals surface area contributed by atoms with Crippen molar-refractivity contribution in [3.8, 4) is 5.75 Å². The minimum atomic E-state index is 0.449. The van der Waals surface area contributed by atoms with E-state index in [4.69, 9.17) is 10.5 Å². The lowest BCUT2D eigenvalue weighted by molar-refractivity contribution is 0.298. The molecule has 2 N–H and O–H groups in total. The number of hydrogen-bond acceptors (Lipinski definition) is 3. The highest BCUT2D eigenvalue weighted by atomic mass is 16.5. The highest BCUT2D eigenvalue weighted by Crippen LogP contribution is 2.22. The first-order valence-electron chi connectivity index (χ1n) is 7.18. The normalized spacial score (nSPS) is 11.0. The van der Waals surface area contributed by atoms with E-state index in [1.54, 1.807) is 0 Å². The van der Waals surface area contributed by atoms with Gasteiger partial charge in [-0.25, -0.2) is 0 Å². The Labute approximate surface area is 124 Å². The molecule has 108 valence electrons. The van der Waals surface area contributed by atoms with Crippen LogP contribution < -0.4 is 10.5 Å². The number of aryl methyl sites for hydroxylation is 1. The van der Waals surface area contributed by atoms with Crippen molar-refractivity contribution >= 4 is 10.9 Å². The molecule has 0 amide bonds.